The lowest BCUT2D eigenvalue weighted by Crippen LogP contribution is -2.57. The van der Waals surface area contributed by atoms with E-state index in [-0.39, 0.29) is 28.6 Å². The van der Waals surface area contributed by atoms with Crippen molar-refractivity contribution in [1.82, 2.24) is 0 Å². The van der Waals surface area contributed by atoms with Crippen molar-refractivity contribution >= 4 is 17.5 Å². The van der Waals surface area contributed by atoms with Gasteiger partial charge >= 0.3 is 5.97 Å². The molecule has 0 spiro atoms. The number of hydrogen-bond donors (Lipinski definition) is 0. The Bertz CT molecular complexity index is 699. The van der Waals surface area contributed by atoms with Crippen LogP contribution in [0, 0.1) is 46.3 Å². The summed E-state index contributed by atoms with van der Waals surface area (Å²) in [5.74, 6) is 3.18. The lowest BCUT2D eigenvalue weighted by Gasteiger charge is -2.59. The molecule has 0 bridgehead atoms. The van der Waals surface area contributed by atoms with E-state index in [4.69, 9.17) is 4.74 Å². The zero-order chi connectivity index (χ0) is 21.0. The zero-order valence-electron chi connectivity index (χ0n) is 18.7. The van der Waals surface area contributed by atoms with E-state index in [9.17, 15) is 14.4 Å². The summed E-state index contributed by atoms with van der Waals surface area (Å²) in [6, 6.07) is 0. The monoisotopic (exact) mass is 402 g/mol. The lowest BCUT2D eigenvalue weighted by atomic mass is 9.44. The number of carbonyl (C=O) groups excluding carboxylic acids is 3. The molecule has 4 rings (SSSR count). The predicted octanol–water partition coefficient (Wildman–Crippen LogP) is 4.98. The lowest BCUT2D eigenvalue weighted by molar-refractivity contribution is -0.159. The van der Waals surface area contributed by atoms with Crippen molar-refractivity contribution in [2.24, 2.45) is 46.3 Å². The third-order valence-corrected chi connectivity index (χ3v) is 10.1. The maximum absolute atomic E-state index is 13.4. The number of esters is 1. The second kappa shape index (κ2) is 7.50. The van der Waals surface area contributed by atoms with Crippen LogP contribution in [0.5, 0.6) is 0 Å². The van der Waals surface area contributed by atoms with Gasteiger partial charge in [0.25, 0.3) is 0 Å². The number of fused-ring (bicyclic) bond motifs is 5. The average Bonchev–Trinajstić information content (AvgIpc) is 3.04. The fraction of sp³-hybridized carbons (Fsp3) is 0.880. The van der Waals surface area contributed by atoms with Gasteiger partial charge < -0.3 is 4.74 Å². The molecule has 0 radical (unpaired) electrons. The molecule has 4 aliphatic carbocycles. The first-order valence-corrected chi connectivity index (χ1v) is 11.8. The molecular weight excluding hydrogens is 364 g/mol. The standard InChI is InChI=1S/C25H38O4/c1-15(5-8-22(28)29-4)18-6-7-19-23-20(10-12-25(18,19)3)24(2)11-9-17(26)13-16(24)14-21(23)27/h15-16,18-20,23H,5-14H2,1-4H3/t15-,16+,18-,19?,20?,23+,24+,25-/m1/s1. The number of methoxy groups -OCH3 is 1. The molecule has 0 aromatic rings. The van der Waals surface area contributed by atoms with Crippen LogP contribution in [0.1, 0.15) is 85.0 Å². The van der Waals surface area contributed by atoms with E-state index >= 15 is 0 Å². The van der Waals surface area contributed by atoms with Gasteiger partial charge in [0.15, 0.2) is 0 Å². The van der Waals surface area contributed by atoms with Gasteiger partial charge in [-0.05, 0) is 78.9 Å². The maximum Gasteiger partial charge on any atom is 0.305 e. The summed E-state index contributed by atoms with van der Waals surface area (Å²) in [5.41, 5.74) is 0.377. The molecule has 4 saturated carbocycles. The minimum absolute atomic E-state index is 0.117. The molecule has 4 aliphatic rings. The number of carbonyl (C=O) groups is 3. The van der Waals surface area contributed by atoms with Gasteiger partial charge in [-0.15, -0.1) is 0 Å². The van der Waals surface area contributed by atoms with Crippen LogP contribution in [0.2, 0.25) is 0 Å². The third kappa shape index (κ3) is 3.29. The molecule has 0 saturated heterocycles. The van der Waals surface area contributed by atoms with Crippen LogP contribution < -0.4 is 0 Å². The smallest absolute Gasteiger partial charge is 0.305 e. The third-order valence-electron chi connectivity index (χ3n) is 10.1. The highest BCUT2D eigenvalue weighted by Gasteiger charge is 2.63. The van der Waals surface area contributed by atoms with Gasteiger partial charge in [-0.3, -0.25) is 14.4 Å². The molecule has 0 N–H and O–H groups in total. The van der Waals surface area contributed by atoms with Crippen molar-refractivity contribution in [3.05, 3.63) is 0 Å². The summed E-state index contributed by atoms with van der Waals surface area (Å²) < 4.78 is 4.84. The molecule has 2 unspecified atom stereocenters. The van der Waals surface area contributed by atoms with Gasteiger partial charge in [0, 0.05) is 31.6 Å². The number of hydrogen-bond acceptors (Lipinski definition) is 4. The molecule has 8 atom stereocenters. The van der Waals surface area contributed by atoms with Crippen LogP contribution >= 0.6 is 0 Å². The molecule has 0 aromatic heterocycles. The number of ketones is 2. The van der Waals surface area contributed by atoms with Gasteiger partial charge in [0.1, 0.15) is 11.6 Å². The summed E-state index contributed by atoms with van der Waals surface area (Å²) in [7, 11) is 1.46. The summed E-state index contributed by atoms with van der Waals surface area (Å²) >= 11 is 0. The van der Waals surface area contributed by atoms with Gasteiger partial charge in [0.05, 0.1) is 7.11 Å². The first-order valence-electron chi connectivity index (χ1n) is 11.8. The van der Waals surface area contributed by atoms with Crippen molar-refractivity contribution in [2.45, 2.75) is 85.0 Å². The number of Topliss-reactive ketones (excluding diaryl/α,β-unsaturated/α-hetero) is 2. The molecule has 0 heterocycles. The summed E-state index contributed by atoms with van der Waals surface area (Å²) in [6.07, 6.45) is 8.96. The SMILES string of the molecule is COC(=O)CC[C@@H](C)[C@H]1CCC2[C@@H]3C(=O)C[C@@H]4CC(=O)CC[C@]4(C)C3CC[C@@]21C. The Morgan fingerprint density at radius 3 is 2.52 bits per heavy atom. The number of rotatable bonds is 4. The second-order valence-electron chi connectivity index (χ2n) is 11.2. The molecule has 4 nitrogen and oxygen atoms in total. The maximum atomic E-state index is 13.4. The largest absolute Gasteiger partial charge is 0.469 e. The van der Waals surface area contributed by atoms with E-state index in [0.717, 1.165) is 25.7 Å². The van der Waals surface area contributed by atoms with E-state index < -0.39 is 0 Å². The average molecular weight is 403 g/mol. The Morgan fingerprint density at radius 2 is 1.79 bits per heavy atom. The molecule has 0 amide bonds. The molecular formula is C25H38O4. The first kappa shape index (κ1) is 21.1. The van der Waals surface area contributed by atoms with Crippen LogP contribution in [-0.4, -0.2) is 24.6 Å². The van der Waals surface area contributed by atoms with Crippen LogP contribution in [-0.2, 0) is 19.1 Å². The minimum atomic E-state index is -0.117. The Labute approximate surface area is 175 Å². The zero-order valence-corrected chi connectivity index (χ0v) is 18.7. The molecule has 0 aromatic carbocycles. The highest BCUT2D eigenvalue weighted by atomic mass is 16.5. The number of ether oxygens (including phenoxy) is 1. The van der Waals surface area contributed by atoms with E-state index in [1.54, 1.807) is 0 Å². The normalized spacial score (nSPS) is 45.2. The minimum Gasteiger partial charge on any atom is -0.469 e. The Balaban J connectivity index is 1.54. The van der Waals surface area contributed by atoms with Crippen molar-refractivity contribution in [1.29, 1.82) is 0 Å². The van der Waals surface area contributed by atoms with Crippen molar-refractivity contribution in [3.8, 4) is 0 Å². The quantitative estimate of drug-likeness (QED) is 0.622. The Kier molecular flexibility index (Phi) is 5.44. The highest BCUT2D eigenvalue weighted by Crippen LogP contribution is 2.67. The topological polar surface area (TPSA) is 60.4 Å². The van der Waals surface area contributed by atoms with E-state index in [2.05, 4.69) is 20.8 Å². The summed E-state index contributed by atoms with van der Waals surface area (Å²) in [4.78, 5) is 37.1. The van der Waals surface area contributed by atoms with Crippen LogP contribution in [0.3, 0.4) is 0 Å². The molecule has 4 heteroatoms. The molecule has 162 valence electrons. The van der Waals surface area contributed by atoms with Crippen molar-refractivity contribution < 1.29 is 19.1 Å². The van der Waals surface area contributed by atoms with E-state index in [1.807, 2.05) is 0 Å². The summed E-state index contributed by atoms with van der Waals surface area (Å²) in [5, 5.41) is 0. The second-order valence-corrected chi connectivity index (χ2v) is 11.2. The Hall–Kier alpha value is -1.19. The van der Waals surface area contributed by atoms with Gasteiger partial charge in [-0.25, -0.2) is 0 Å². The molecule has 4 fully saturated rings. The van der Waals surface area contributed by atoms with Crippen molar-refractivity contribution in [3.63, 3.8) is 0 Å². The van der Waals surface area contributed by atoms with Gasteiger partial charge in [-0.2, -0.15) is 0 Å². The van der Waals surface area contributed by atoms with E-state index in [1.165, 1.54) is 20.0 Å². The fourth-order valence-electron chi connectivity index (χ4n) is 8.35. The van der Waals surface area contributed by atoms with Gasteiger partial charge in [-0.1, -0.05) is 20.8 Å². The molecule has 29 heavy (non-hydrogen) atoms. The Morgan fingerprint density at radius 1 is 1.07 bits per heavy atom. The van der Waals surface area contributed by atoms with Gasteiger partial charge in [0.2, 0.25) is 0 Å². The molecule has 0 aliphatic heterocycles. The first-order chi connectivity index (χ1) is 13.7. The van der Waals surface area contributed by atoms with E-state index in [0.29, 0.717) is 60.9 Å². The van der Waals surface area contributed by atoms with Crippen molar-refractivity contribution in [2.75, 3.05) is 7.11 Å². The fourth-order valence-corrected chi connectivity index (χ4v) is 8.35. The predicted molar refractivity (Wildman–Crippen MR) is 111 cm³/mol. The highest BCUT2D eigenvalue weighted by molar-refractivity contribution is 5.86. The van der Waals surface area contributed by atoms with Crippen LogP contribution in [0.4, 0.5) is 0 Å². The van der Waals surface area contributed by atoms with Crippen LogP contribution in [0.15, 0.2) is 0 Å². The summed E-state index contributed by atoms with van der Waals surface area (Å²) in [6.45, 7) is 7.12. The van der Waals surface area contributed by atoms with Crippen LogP contribution in [0.25, 0.3) is 0 Å².